The van der Waals surface area contributed by atoms with Gasteiger partial charge in [0.25, 0.3) is 5.91 Å². The standard InChI is InChI=1S/C19H25N3O2S/c1-4-22(5-2)19(24)15-8-10-16(11-9-15)20-18(23)14-21(3)13-17-7-6-12-25-17/h6-12H,4-5,13-14H2,1-3H3,(H,20,23). The van der Waals surface area contributed by atoms with Crippen molar-refractivity contribution in [3.63, 3.8) is 0 Å². The Morgan fingerprint density at radius 2 is 1.76 bits per heavy atom. The van der Waals surface area contributed by atoms with E-state index in [0.29, 0.717) is 30.9 Å². The van der Waals surface area contributed by atoms with Crippen molar-refractivity contribution in [2.75, 3.05) is 32.0 Å². The number of amides is 2. The summed E-state index contributed by atoms with van der Waals surface area (Å²) in [6.07, 6.45) is 0. The quantitative estimate of drug-likeness (QED) is 0.787. The molecule has 1 N–H and O–H groups in total. The highest BCUT2D eigenvalue weighted by Crippen LogP contribution is 2.13. The van der Waals surface area contributed by atoms with Gasteiger partial charge in [-0.3, -0.25) is 14.5 Å². The van der Waals surface area contributed by atoms with E-state index in [1.54, 1.807) is 40.5 Å². The van der Waals surface area contributed by atoms with E-state index in [2.05, 4.69) is 11.4 Å². The van der Waals surface area contributed by atoms with E-state index in [-0.39, 0.29) is 11.8 Å². The fourth-order valence-electron chi connectivity index (χ4n) is 2.56. The highest BCUT2D eigenvalue weighted by atomic mass is 32.1. The molecule has 0 atom stereocenters. The van der Waals surface area contributed by atoms with Gasteiger partial charge >= 0.3 is 0 Å². The molecule has 0 saturated heterocycles. The Balaban J connectivity index is 1.87. The summed E-state index contributed by atoms with van der Waals surface area (Å²) in [4.78, 5) is 29.4. The molecule has 0 unspecified atom stereocenters. The summed E-state index contributed by atoms with van der Waals surface area (Å²) in [7, 11) is 1.92. The van der Waals surface area contributed by atoms with Crippen LogP contribution in [0.1, 0.15) is 29.1 Å². The van der Waals surface area contributed by atoms with Crippen LogP contribution in [-0.4, -0.2) is 48.3 Å². The Kier molecular flexibility index (Phi) is 7.16. The second-order valence-corrected chi connectivity index (χ2v) is 6.89. The zero-order valence-electron chi connectivity index (χ0n) is 15.0. The fourth-order valence-corrected chi connectivity index (χ4v) is 3.34. The van der Waals surface area contributed by atoms with Crippen LogP contribution in [0.3, 0.4) is 0 Å². The number of hydrogen-bond donors (Lipinski definition) is 1. The van der Waals surface area contributed by atoms with Gasteiger partial charge in [0.05, 0.1) is 6.54 Å². The number of nitrogens with zero attached hydrogens (tertiary/aromatic N) is 2. The number of carbonyl (C=O) groups is 2. The predicted octanol–water partition coefficient (Wildman–Crippen LogP) is 3.30. The first-order valence-electron chi connectivity index (χ1n) is 8.43. The third-order valence-corrected chi connectivity index (χ3v) is 4.75. The lowest BCUT2D eigenvalue weighted by Gasteiger charge is -2.19. The van der Waals surface area contributed by atoms with Gasteiger partial charge in [-0.1, -0.05) is 6.07 Å². The predicted molar refractivity (Wildman–Crippen MR) is 103 cm³/mol. The minimum Gasteiger partial charge on any atom is -0.339 e. The molecule has 0 aliphatic carbocycles. The molecule has 2 aromatic rings. The summed E-state index contributed by atoms with van der Waals surface area (Å²) in [5, 5.41) is 4.91. The number of carbonyl (C=O) groups excluding carboxylic acids is 2. The van der Waals surface area contributed by atoms with Gasteiger partial charge in [-0.15, -0.1) is 11.3 Å². The van der Waals surface area contributed by atoms with Gasteiger partial charge < -0.3 is 10.2 Å². The summed E-state index contributed by atoms with van der Waals surface area (Å²) >= 11 is 1.68. The molecule has 0 aliphatic heterocycles. The lowest BCUT2D eigenvalue weighted by Crippen LogP contribution is -2.30. The van der Waals surface area contributed by atoms with Gasteiger partial charge in [-0.2, -0.15) is 0 Å². The molecule has 0 radical (unpaired) electrons. The zero-order valence-corrected chi connectivity index (χ0v) is 15.8. The number of anilines is 1. The largest absolute Gasteiger partial charge is 0.339 e. The van der Waals surface area contributed by atoms with E-state index < -0.39 is 0 Å². The lowest BCUT2D eigenvalue weighted by molar-refractivity contribution is -0.117. The summed E-state index contributed by atoms with van der Waals surface area (Å²) < 4.78 is 0. The summed E-state index contributed by atoms with van der Waals surface area (Å²) in [6, 6.07) is 11.1. The Bertz CT molecular complexity index is 679. The molecular weight excluding hydrogens is 334 g/mol. The Hall–Kier alpha value is -2.18. The third kappa shape index (κ3) is 5.69. The van der Waals surface area contributed by atoms with E-state index in [4.69, 9.17) is 0 Å². The summed E-state index contributed by atoms with van der Waals surface area (Å²) in [5.41, 5.74) is 1.34. The van der Waals surface area contributed by atoms with Gasteiger partial charge in [0.1, 0.15) is 0 Å². The Labute approximate surface area is 153 Å². The van der Waals surface area contributed by atoms with E-state index in [9.17, 15) is 9.59 Å². The molecule has 1 aromatic carbocycles. The maximum atomic E-state index is 12.3. The molecule has 6 heteroatoms. The second-order valence-electron chi connectivity index (χ2n) is 5.85. The third-order valence-electron chi connectivity index (χ3n) is 3.89. The van der Waals surface area contributed by atoms with E-state index in [0.717, 1.165) is 6.54 Å². The number of rotatable bonds is 8. The molecule has 134 valence electrons. The average molecular weight is 359 g/mol. The Morgan fingerprint density at radius 3 is 2.32 bits per heavy atom. The first kappa shape index (κ1) is 19.1. The SMILES string of the molecule is CCN(CC)C(=O)c1ccc(NC(=O)CN(C)Cc2cccs2)cc1. The summed E-state index contributed by atoms with van der Waals surface area (Å²) in [5.74, 6) is -0.0552. The Morgan fingerprint density at radius 1 is 1.08 bits per heavy atom. The molecule has 2 rings (SSSR count). The van der Waals surface area contributed by atoms with E-state index in [1.807, 2.05) is 37.2 Å². The van der Waals surface area contributed by atoms with Crippen LogP contribution in [0, 0.1) is 0 Å². The molecule has 1 heterocycles. The molecule has 5 nitrogen and oxygen atoms in total. The van der Waals surface area contributed by atoms with Crippen LogP contribution in [0.5, 0.6) is 0 Å². The van der Waals surface area contributed by atoms with Gasteiger partial charge in [0.2, 0.25) is 5.91 Å². The van der Waals surface area contributed by atoms with Crippen LogP contribution >= 0.6 is 11.3 Å². The van der Waals surface area contributed by atoms with Gasteiger partial charge in [-0.25, -0.2) is 0 Å². The van der Waals surface area contributed by atoms with Crippen LogP contribution in [0.4, 0.5) is 5.69 Å². The monoisotopic (exact) mass is 359 g/mol. The lowest BCUT2D eigenvalue weighted by atomic mass is 10.1. The van der Waals surface area contributed by atoms with E-state index >= 15 is 0 Å². The summed E-state index contributed by atoms with van der Waals surface area (Å²) in [6.45, 7) is 6.36. The van der Waals surface area contributed by atoms with Crippen LogP contribution in [0.2, 0.25) is 0 Å². The molecular formula is C19H25N3O2S. The molecule has 0 saturated carbocycles. The zero-order chi connectivity index (χ0) is 18.2. The van der Waals surface area contributed by atoms with Gasteiger partial charge in [0.15, 0.2) is 0 Å². The van der Waals surface area contributed by atoms with Crippen molar-refractivity contribution in [1.29, 1.82) is 0 Å². The van der Waals surface area contributed by atoms with Crippen molar-refractivity contribution in [2.24, 2.45) is 0 Å². The van der Waals surface area contributed by atoms with Crippen molar-refractivity contribution in [1.82, 2.24) is 9.80 Å². The average Bonchev–Trinajstić information content (AvgIpc) is 3.09. The van der Waals surface area contributed by atoms with Gasteiger partial charge in [-0.05, 0) is 56.6 Å². The van der Waals surface area contributed by atoms with Crippen molar-refractivity contribution in [2.45, 2.75) is 20.4 Å². The molecule has 0 bridgehead atoms. The van der Waals surface area contributed by atoms with Crippen molar-refractivity contribution in [3.8, 4) is 0 Å². The highest BCUT2D eigenvalue weighted by Gasteiger charge is 2.13. The van der Waals surface area contributed by atoms with Crippen molar-refractivity contribution in [3.05, 3.63) is 52.2 Å². The van der Waals surface area contributed by atoms with Crippen LogP contribution in [-0.2, 0) is 11.3 Å². The molecule has 0 fully saturated rings. The molecule has 2 amide bonds. The number of likely N-dealkylation sites (N-methyl/N-ethyl adjacent to an activating group) is 1. The van der Waals surface area contributed by atoms with Gasteiger partial charge in [0, 0.05) is 35.8 Å². The maximum Gasteiger partial charge on any atom is 0.253 e. The molecule has 1 aromatic heterocycles. The maximum absolute atomic E-state index is 12.3. The first-order valence-corrected chi connectivity index (χ1v) is 9.31. The normalized spacial score (nSPS) is 10.7. The molecule has 0 spiro atoms. The van der Waals surface area contributed by atoms with Crippen molar-refractivity contribution < 1.29 is 9.59 Å². The first-order chi connectivity index (χ1) is 12.0. The molecule has 0 aliphatic rings. The van der Waals surface area contributed by atoms with Crippen LogP contribution in [0.25, 0.3) is 0 Å². The second kappa shape index (κ2) is 9.34. The smallest absolute Gasteiger partial charge is 0.253 e. The topological polar surface area (TPSA) is 52.7 Å². The number of hydrogen-bond acceptors (Lipinski definition) is 4. The molecule has 25 heavy (non-hydrogen) atoms. The van der Waals surface area contributed by atoms with Crippen LogP contribution in [0.15, 0.2) is 41.8 Å². The number of thiophene rings is 1. The minimum absolute atomic E-state index is 0.0126. The fraction of sp³-hybridized carbons (Fsp3) is 0.368. The highest BCUT2D eigenvalue weighted by molar-refractivity contribution is 7.09. The van der Waals surface area contributed by atoms with Crippen LogP contribution < -0.4 is 5.32 Å². The minimum atomic E-state index is -0.0677. The number of benzene rings is 1. The number of nitrogens with one attached hydrogen (secondary N) is 1. The van der Waals surface area contributed by atoms with Crippen molar-refractivity contribution >= 4 is 28.8 Å². The van der Waals surface area contributed by atoms with E-state index in [1.165, 1.54) is 4.88 Å².